The molecule has 1 aliphatic heterocycles. The monoisotopic (exact) mass is 183 g/mol. The van der Waals surface area contributed by atoms with Crippen LogP contribution in [0.25, 0.3) is 0 Å². The first-order valence-corrected chi connectivity index (χ1v) is 4.81. The van der Waals surface area contributed by atoms with Crippen LogP contribution in [0, 0.1) is 5.92 Å². The van der Waals surface area contributed by atoms with Gasteiger partial charge in [0.25, 0.3) is 0 Å². The predicted octanol–water partition coefficient (Wildman–Crippen LogP) is 1.22. The summed E-state index contributed by atoms with van der Waals surface area (Å²) in [5.41, 5.74) is 0. The molecule has 0 radical (unpaired) electrons. The molecular weight excluding hydrogens is 166 g/mol. The van der Waals surface area contributed by atoms with Crippen molar-refractivity contribution in [2.75, 3.05) is 6.54 Å². The molecule has 0 bridgehead atoms. The summed E-state index contributed by atoms with van der Waals surface area (Å²) in [7, 11) is 0. The molecule has 0 aliphatic carbocycles. The van der Waals surface area contributed by atoms with Gasteiger partial charge in [-0.05, 0) is 25.7 Å². The van der Waals surface area contributed by atoms with E-state index >= 15 is 0 Å². The first-order valence-electron chi connectivity index (χ1n) is 4.81. The van der Waals surface area contributed by atoms with Gasteiger partial charge in [0.15, 0.2) is 5.78 Å². The molecule has 1 fully saturated rings. The Morgan fingerprint density at radius 3 is 2.31 bits per heavy atom. The first-order chi connectivity index (χ1) is 6.04. The number of ketones is 1. The van der Waals surface area contributed by atoms with Gasteiger partial charge in [-0.1, -0.05) is 6.92 Å². The maximum Gasteiger partial charge on any atom is 0.220 e. The highest BCUT2D eigenvalue weighted by atomic mass is 16.2. The molecule has 3 nitrogen and oxygen atoms in total. The van der Waals surface area contributed by atoms with E-state index in [0.717, 1.165) is 19.4 Å². The number of hydrogen-bond donors (Lipinski definition) is 0. The van der Waals surface area contributed by atoms with E-state index in [0.29, 0.717) is 5.92 Å². The summed E-state index contributed by atoms with van der Waals surface area (Å²) < 4.78 is 0. The molecule has 1 saturated heterocycles. The number of hydrogen-bond acceptors (Lipinski definition) is 2. The minimum absolute atomic E-state index is 0.0201. The lowest BCUT2D eigenvalue weighted by Crippen LogP contribution is -2.50. The zero-order valence-electron chi connectivity index (χ0n) is 8.54. The van der Waals surface area contributed by atoms with E-state index in [1.54, 1.807) is 11.8 Å². The zero-order chi connectivity index (χ0) is 10.0. The van der Waals surface area contributed by atoms with Crippen molar-refractivity contribution >= 4 is 11.7 Å². The van der Waals surface area contributed by atoms with Crippen LogP contribution in [0.5, 0.6) is 0 Å². The SMILES string of the molecule is CC(=O)[C@@H]1[C@H](C)CCCN1C(C)=O. The molecule has 1 aliphatic rings. The number of piperidine rings is 1. The van der Waals surface area contributed by atoms with E-state index in [1.165, 1.54) is 6.92 Å². The fourth-order valence-corrected chi connectivity index (χ4v) is 2.16. The summed E-state index contributed by atoms with van der Waals surface area (Å²) in [6.07, 6.45) is 2.07. The molecule has 2 atom stereocenters. The molecule has 3 heteroatoms. The smallest absolute Gasteiger partial charge is 0.220 e. The molecular formula is C10H17NO2. The maximum atomic E-state index is 11.3. The first kappa shape index (κ1) is 10.2. The van der Waals surface area contributed by atoms with Crippen LogP contribution in [0.3, 0.4) is 0 Å². The summed E-state index contributed by atoms with van der Waals surface area (Å²) in [4.78, 5) is 24.3. The van der Waals surface area contributed by atoms with Crippen LogP contribution in [0.1, 0.15) is 33.6 Å². The van der Waals surface area contributed by atoms with Gasteiger partial charge in [0.1, 0.15) is 0 Å². The van der Waals surface area contributed by atoms with E-state index in [1.807, 2.05) is 6.92 Å². The van der Waals surface area contributed by atoms with Crippen molar-refractivity contribution in [2.45, 2.75) is 39.7 Å². The van der Waals surface area contributed by atoms with Crippen LogP contribution in [-0.4, -0.2) is 29.2 Å². The van der Waals surface area contributed by atoms with Crippen molar-refractivity contribution in [1.29, 1.82) is 0 Å². The lowest BCUT2D eigenvalue weighted by Gasteiger charge is -2.37. The van der Waals surface area contributed by atoms with Crippen molar-refractivity contribution in [2.24, 2.45) is 5.92 Å². The average Bonchev–Trinajstić information content (AvgIpc) is 2.02. The average molecular weight is 183 g/mol. The molecule has 0 N–H and O–H groups in total. The number of carbonyl (C=O) groups is 2. The third kappa shape index (κ3) is 2.08. The molecule has 0 aromatic carbocycles. The van der Waals surface area contributed by atoms with Gasteiger partial charge >= 0.3 is 0 Å². The van der Waals surface area contributed by atoms with Gasteiger partial charge in [-0.3, -0.25) is 9.59 Å². The third-order valence-corrected chi connectivity index (χ3v) is 2.75. The number of carbonyl (C=O) groups excluding carboxylic acids is 2. The normalized spacial score (nSPS) is 28.7. The van der Waals surface area contributed by atoms with Crippen LogP contribution >= 0.6 is 0 Å². The quantitative estimate of drug-likeness (QED) is 0.613. The summed E-state index contributed by atoms with van der Waals surface area (Å²) in [6.45, 7) is 5.89. The largest absolute Gasteiger partial charge is 0.333 e. The van der Waals surface area contributed by atoms with Gasteiger partial charge in [-0.25, -0.2) is 0 Å². The zero-order valence-corrected chi connectivity index (χ0v) is 8.54. The Kier molecular flexibility index (Phi) is 3.07. The molecule has 0 spiro atoms. The third-order valence-electron chi connectivity index (χ3n) is 2.75. The lowest BCUT2D eigenvalue weighted by molar-refractivity contribution is -0.141. The van der Waals surface area contributed by atoms with Crippen LogP contribution in [0.4, 0.5) is 0 Å². The summed E-state index contributed by atoms with van der Waals surface area (Å²) in [5.74, 6) is 0.448. The summed E-state index contributed by atoms with van der Waals surface area (Å²) >= 11 is 0. The van der Waals surface area contributed by atoms with Gasteiger partial charge in [-0.2, -0.15) is 0 Å². The van der Waals surface area contributed by atoms with Gasteiger partial charge in [-0.15, -0.1) is 0 Å². The Bertz CT molecular complexity index is 225. The number of rotatable bonds is 1. The molecule has 0 aromatic rings. The predicted molar refractivity (Wildman–Crippen MR) is 50.3 cm³/mol. The van der Waals surface area contributed by atoms with Gasteiger partial charge in [0.05, 0.1) is 6.04 Å². The minimum atomic E-state index is -0.175. The molecule has 1 heterocycles. The number of likely N-dealkylation sites (tertiary alicyclic amines) is 1. The van der Waals surface area contributed by atoms with E-state index in [4.69, 9.17) is 0 Å². The summed E-state index contributed by atoms with van der Waals surface area (Å²) in [6, 6.07) is -0.175. The standard InChI is InChI=1S/C10H17NO2/c1-7-5-4-6-11(9(3)13)10(7)8(2)12/h7,10H,4-6H2,1-3H3/t7-,10+/m1/s1. The molecule has 0 unspecified atom stereocenters. The van der Waals surface area contributed by atoms with Gasteiger partial charge in [0.2, 0.25) is 5.91 Å². The molecule has 0 aromatic heterocycles. The minimum Gasteiger partial charge on any atom is -0.333 e. The van der Waals surface area contributed by atoms with Crippen molar-refractivity contribution in [3.05, 3.63) is 0 Å². The van der Waals surface area contributed by atoms with E-state index in [-0.39, 0.29) is 17.7 Å². The molecule has 1 amide bonds. The number of Topliss-reactive ketones (excluding diaryl/α,β-unsaturated/α-hetero) is 1. The molecule has 74 valence electrons. The highest BCUT2D eigenvalue weighted by molar-refractivity contribution is 5.87. The fraction of sp³-hybridized carbons (Fsp3) is 0.800. The topological polar surface area (TPSA) is 37.4 Å². The van der Waals surface area contributed by atoms with Crippen LogP contribution in [0.15, 0.2) is 0 Å². The van der Waals surface area contributed by atoms with E-state index in [2.05, 4.69) is 0 Å². The second-order valence-corrected chi connectivity index (χ2v) is 3.89. The van der Waals surface area contributed by atoms with Gasteiger partial charge < -0.3 is 4.90 Å². The number of nitrogens with zero attached hydrogens (tertiary/aromatic N) is 1. The van der Waals surface area contributed by atoms with Crippen molar-refractivity contribution < 1.29 is 9.59 Å². The van der Waals surface area contributed by atoms with Crippen molar-refractivity contribution in [3.8, 4) is 0 Å². The Morgan fingerprint density at radius 1 is 1.31 bits per heavy atom. The molecule has 13 heavy (non-hydrogen) atoms. The molecule has 1 rings (SSSR count). The highest BCUT2D eigenvalue weighted by Gasteiger charge is 2.33. The van der Waals surface area contributed by atoms with Gasteiger partial charge in [0, 0.05) is 13.5 Å². The van der Waals surface area contributed by atoms with Crippen LogP contribution in [-0.2, 0) is 9.59 Å². The molecule has 0 saturated carbocycles. The van der Waals surface area contributed by atoms with Crippen LogP contribution in [0.2, 0.25) is 0 Å². The fourth-order valence-electron chi connectivity index (χ4n) is 2.16. The van der Waals surface area contributed by atoms with Crippen molar-refractivity contribution in [1.82, 2.24) is 4.90 Å². The Morgan fingerprint density at radius 2 is 1.92 bits per heavy atom. The Labute approximate surface area is 79.1 Å². The summed E-state index contributed by atoms with van der Waals surface area (Å²) in [5, 5.41) is 0. The highest BCUT2D eigenvalue weighted by Crippen LogP contribution is 2.23. The second-order valence-electron chi connectivity index (χ2n) is 3.89. The Balaban J connectivity index is 2.80. The second kappa shape index (κ2) is 3.90. The van der Waals surface area contributed by atoms with Crippen LogP contribution < -0.4 is 0 Å². The van der Waals surface area contributed by atoms with E-state index < -0.39 is 0 Å². The lowest BCUT2D eigenvalue weighted by atomic mass is 9.88. The number of amides is 1. The Hall–Kier alpha value is -0.860. The van der Waals surface area contributed by atoms with Crippen molar-refractivity contribution in [3.63, 3.8) is 0 Å². The maximum absolute atomic E-state index is 11.3. The van der Waals surface area contributed by atoms with E-state index in [9.17, 15) is 9.59 Å².